The molecule has 2 atom stereocenters. The van der Waals surface area contributed by atoms with Gasteiger partial charge in [-0.25, -0.2) is 4.79 Å². The Bertz CT molecular complexity index is 401. The van der Waals surface area contributed by atoms with Gasteiger partial charge in [-0.3, -0.25) is 0 Å². The molecule has 1 aromatic rings. The molecule has 1 aromatic carbocycles. The van der Waals surface area contributed by atoms with Gasteiger partial charge in [0.25, 0.3) is 0 Å². The molecular formula is C15H21ClO3. The molecule has 0 radical (unpaired) electrons. The minimum Gasteiger partial charge on any atom is -0.464 e. The number of halogens is 1. The lowest BCUT2D eigenvalue weighted by atomic mass is 9.96. The Kier molecular flexibility index (Phi) is 5.83. The third-order valence-corrected chi connectivity index (χ3v) is 3.60. The summed E-state index contributed by atoms with van der Waals surface area (Å²) in [6, 6.07) is 9.01. The maximum atomic E-state index is 11.9. The molecule has 0 heterocycles. The van der Waals surface area contributed by atoms with Crippen molar-refractivity contribution in [2.24, 2.45) is 5.92 Å². The van der Waals surface area contributed by atoms with Gasteiger partial charge in [-0.1, -0.05) is 44.2 Å². The normalized spacial score (nSPS) is 15.9. The maximum Gasteiger partial charge on any atom is 0.339 e. The predicted octanol–water partition coefficient (Wildman–Crippen LogP) is 3.31. The number of aliphatic hydroxyl groups is 1. The molecule has 3 nitrogen and oxygen atoms in total. The van der Waals surface area contributed by atoms with Gasteiger partial charge < -0.3 is 9.84 Å². The molecule has 106 valence electrons. The van der Waals surface area contributed by atoms with Crippen LogP contribution in [0.2, 0.25) is 0 Å². The van der Waals surface area contributed by atoms with Crippen LogP contribution in [0.4, 0.5) is 0 Å². The van der Waals surface area contributed by atoms with E-state index >= 15 is 0 Å². The Hall–Kier alpha value is -1.06. The van der Waals surface area contributed by atoms with Crippen molar-refractivity contribution in [2.45, 2.75) is 38.2 Å². The van der Waals surface area contributed by atoms with Gasteiger partial charge in [-0.15, -0.1) is 11.6 Å². The molecule has 0 saturated carbocycles. The summed E-state index contributed by atoms with van der Waals surface area (Å²) in [5.74, 6) is -0.240. The number of ether oxygens (including phenoxy) is 1. The first-order valence-corrected chi connectivity index (χ1v) is 6.88. The highest BCUT2D eigenvalue weighted by atomic mass is 35.5. The van der Waals surface area contributed by atoms with E-state index in [-0.39, 0.29) is 0 Å². The van der Waals surface area contributed by atoms with Crippen molar-refractivity contribution in [3.05, 3.63) is 35.9 Å². The van der Waals surface area contributed by atoms with Crippen LogP contribution in [0.1, 0.15) is 38.1 Å². The van der Waals surface area contributed by atoms with E-state index in [1.807, 2.05) is 32.0 Å². The lowest BCUT2D eigenvalue weighted by Crippen LogP contribution is -2.41. The van der Waals surface area contributed by atoms with Crippen LogP contribution >= 0.6 is 11.6 Å². The van der Waals surface area contributed by atoms with Gasteiger partial charge in [0, 0.05) is 0 Å². The standard InChI is InChI=1S/C15H21ClO3/c1-11(2)9-10-19-14(17)15(3,18)13(16)12-7-5-4-6-8-12/h4-8,11,13,18H,9-10H2,1-3H3/t13-,15+/m1/s1. The lowest BCUT2D eigenvalue weighted by molar-refractivity contribution is -0.164. The Labute approximate surface area is 119 Å². The second kappa shape index (κ2) is 6.92. The number of esters is 1. The van der Waals surface area contributed by atoms with Crippen molar-refractivity contribution < 1.29 is 14.6 Å². The van der Waals surface area contributed by atoms with E-state index < -0.39 is 16.9 Å². The van der Waals surface area contributed by atoms with Crippen LogP contribution < -0.4 is 0 Å². The van der Waals surface area contributed by atoms with Gasteiger partial charge in [0.05, 0.1) is 12.0 Å². The fraction of sp³-hybridized carbons (Fsp3) is 0.533. The van der Waals surface area contributed by atoms with Crippen molar-refractivity contribution >= 4 is 17.6 Å². The zero-order chi connectivity index (χ0) is 14.5. The van der Waals surface area contributed by atoms with Crippen LogP contribution in [0.5, 0.6) is 0 Å². The minimum atomic E-state index is -1.74. The molecule has 0 aromatic heterocycles. The highest BCUT2D eigenvalue weighted by molar-refractivity contribution is 6.23. The first-order valence-electron chi connectivity index (χ1n) is 6.44. The van der Waals surface area contributed by atoms with E-state index in [1.165, 1.54) is 6.92 Å². The maximum absolute atomic E-state index is 11.9. The molecule has 0 unspecified atom stereocenters. The van der Waals surface area contributed by atoms with Gasteiger partial charge >= 0.3 is 5.97 Å². The Balaban J connectivity index is 2.66. The number of rotatable bonds is 6. The topological polar surface area (TPSA) is 46.5 Å². The molecule has 0 aliphatic rings. The summed E-state index contributed by atoms with van der Waals surface area (Å²) in [4.78, 5) is 11.9. The first-order chi connectivity index (χ1) is 8.85. The number of carbonyl (C=O) groups excluding carboxylic acids is 1. The lowest BCUT2D eigenvalue weighted by Gasteiger charge is -2.26. The average molecular weight is 285 g/mol. The van der Waals surface area contributed by atoms with Crippen molar-refractivity contribution in [2.75, 3.05) is 6.61 Å². The van der Waals surface area contributed by atoms with E-state index in [9.17, 15) is 9.90 Å². The quantitative estimate of drug-likeness (QED) is 0.644. The van der Waals surface area contributed by atoms with E-state index in [2.05, 4.69) is 0 Å². The monoisotopic (exact) mass is 284 g/mol. The van der Waals surface area contributed by atoms with E-state index in [0.29, 0.717) is 18.1 Å². The van der Waals surface area contributed by atoms with Crippen molar-refractivity contribution in [1.29, 1.82) is 0 Å². The zero-order valence-electron chi connectivity index (χ0n) is 11.6. The van der Waals surface area contributed by atoms with Gasteiger partial charge in [-0.05, 0) is 24.8 Å². The fourth-order valence-electron chi connectivity index (χ4n) is 1.58. The van der Waals surface area contributed by atoms with Crippen molar-refractivity contribution in [3.63, 3.8) is 0 Å². The van der Waals surface area contributed by atoms with Crippen LogP contribution in [0.15, 0.2) is 30.3 Å². The third kappa shape index (κ3) is 4.51. The van der Waals surface area contributed by atoms with Gasteiger partial charge in [0.2, 0.25) is 0 Å². The predicted molar refractivity (Wildman–Crippen MR) is 76.1 cm³/mol. The van der Waals surface area contributed by atoms with E-state index in [0.717, 1.165) is 6.42 Å². The smallest absolute Gasteiger partial charge is 0.339 e. The molecule has 0 saturated heterocycles. The van der Waals surface area contributed by atoms with Crippen LogP contribution in [0, 0.1) is 5.92 Å². The number of benzene rings is 1. The number of alkyl halides is 1. The second-order valence-electron chi connectivity index (χ2n) is 5.24. The molecule has 0 fully saturated rings. The second-order valence-corrected chi connectivity index (χ2v) is 5.68. The summed E-state index contributed by atoms with van der Waals surface area (Å²) in [6.45, 7) is 5.76. The number of hydrogen-bond donors (Lipinski definition) is 1. The number of carbonyl (C=O) groups is 1. The summed E-state index contributed by atoms with van der Waals surface area (Å²) in [5.41, 5.74) is -1.05. The Morgan fingerprint density at radius 1 is 1.37 bits per heavy atom. The first kappa shape index (κ1) is 16.0. The third-order valence-electron chi connectivity index (χ3n) is 2.93. The van der Waals surface area contributed by atoms with Crippen molar-refractivity contribution in [1.82, 2.24) is 0 Å². The molecule has 0 spiro atoms. The molecule has 0 amide bonds. The summed E-state index contributed by atoms with van der Waals surface area (Å²) >= 11 is 6.18. The summed E-state index contributed by atoms with van der Waals surface area (Å²) in [5, 5.41) is 9.43. The molecule has 1 N–H and O–H groups in total. The molecule has 1 rings (SSSR count). The molecule has 0 aliphatic heterocycles. The van der Waals surface area contributed by atoms with Crippen LogP contribution in [-0.2, 0) is 9.53 Å². The van der Waals surface area contributed by atoms with E-state index in [4.69, 9.17) is 16.3 Å². The summed E-state index contributed by atoms with van der Waals surface area (Å²) < 4.78 is 5.09. The average Bonchev–Trinajstić information content (AvgIpc) is 2.38. The van der Waals surface area contributed by atoms with Crippen LogP contribution in [0.25, 0.3) is 0 Å². The fourth-order valence-corrected chi connectivity index (χ4v) is 1.82. The van der Waals surface area contributed by atoms with Crippen LogP contribution in [0.3, 0.4) is 0 Å². The SMILES string of the molecule is CC(C)CCOC(=O)[C@@](C)(O)[C@H](Cl)c1ccccc1. The molecule has 19 heavy (non-hydrogen) atoms. The number of hydrogen-bond acceptors (Lipinski definition) is 3. The molecule has 4 heteroatoms. The largest absolute Gasteiger partial charge is 0.464 e. The van der Waals surface area contributed by atoms with Gasteiger partial charge in [0.15, 0.2) is 5.60 Å². The Morgan fingerprint density at radius 3 is 2.47 bits per heavy atom. The zero-order valence-corrected chi connectivity index (χ0v) is 12.4. The minimum absolute atomic E-state index is 0.297. The van der Waals surface area contributed by atoms with Crippen molar-refractivity contribution in [3.8, 4) is 0 Å². The summed E-state index contributed by atoms with van der Waals surface area (Å²) in [7, 11) is 0. The highest BCUT2D eigenvalue weighted by Crippen LogP contribution is 2.33. The Morgan fingerprint density at radius 2 is 1.95 bits per heavy atom. The molecule has 0 bridgehead atoms. The summed E-state index contributed by atoms with van der Waals surface area (Å²) in [6.07, 6.45) is 0.764. The van der Waals surface area contributed by atoms with Crippen LogP contribution in [-0.4, -0.2) is 23.3 Å². The molecule has 0 aliphatic carbocycles. The highest BCUT2D eigenvalue weighted by Gasteiger charge is 2.40. The van der Waals surface area contributed by atoms with Gasteiger partial charge in [-0.2, -0.15) is 0 Å². The van der Waals surface area contributed by atoms with Gasteiger partial charge in [0.1, 0.15) is 0 Å². The molecular weight excluding hydrogens is 264 g/mol. The van der Waals surface area contributed by atoms with E-state index in [1.54, 1.807) is 12.1 Å².